The van der Waals surface area contributed by atoms with Crippen LogP contribution >= 0.6 is 15.9 Å². The molecule has 1 aromatic carbocycles. The van der Waals surface area contributed by atoms with Gasteiger partial charge in [-0.1, -0.05) is 22.0 Å². The Morgan fingerprint density at radius 1 is 1.35 bits per heavy atom. The molecule has 1 N–H and O–H groups in total. The number of hydrogen-bond donors (Lipinski definition) is 1. The van der Waals surface area contributed by atoms with Gasteiger partial charge in [0, 0.05) is 21.8 Å². The van der Waals surface area contributed by atoms with Gasteiger partial charge >= 0.3 is 5.97 Å². The topological polar surface area (TPSA) is 59.4 Å². The number of carboxylic acid groups (broad SMARTS) is 1. The van der Waals surface area contributed by atoms with Crippen LogP contribution in [0.5, 0.6) is 11.5 Å². The van der Waals surface area contributed by atoms with Crippen LogP contribution in [0, 0.1) is 6.92 Å². The van der Waals surface area contributed by atoms with Crippen molar-refractivity contribution in [1.82, 2.24) is 4.98 Å². The first kappa shape index (κ1) is 14.3. The van der Waals surface area contributed by atoms with Crippen molar-refractivity contribution in [2.45, 2.75) is 6.92 Å². The minimum atomic E-state index is -1.00. The maximum Gasteiger partial charge on any atom is 0.328 e. The van der Waals surface area contributed by atoms with Crippen LogP contribution in [-0.4, -0.2) is 16.1 Å². The van der Waals surface area contributed by atoms with Crippen molar-refractivity contribution in [3.63, 3.8) is 0 Å². The number of benzene rings is 1. The lowest BCUT2D eigenvalue weighted by atomic mass is 10.2. The predicted molar refractivity (Wildman–Crippen MR) is 79.9 cm³/mol. The van der Waals surface area contributed by atoms with Gasteiger partial charge in [-0.3, -0.25) is 4.98 Å². The molecule has 102 valence electrons. The lowest BCUT2D eigenvalue weighted by Gasteiger charge is -2.09. The Bertz CT molecular complexity index is 651. The molecule has 0 amide bonds. The van der Waals surface area contributed by atoms with E-state index in [-0.39, 0.29) is 0 Å². The molecule has 5 heteroatoms. The molecule has 4 nitrogen and oxygen atoms in total. The molecule has 0 saturated heterocycles. The summed E-state index contributed by atoms with van der Waals surface area (Å²) in [4.78, 5) is 14.8. The summed E-state index contributed by atoms with van der Waals surface area (Å²) in [5.41, 5.74) is 1.58. The van der Waals surface area contributed by atoms with Crippen molar-refractivity contribution in [2.75, 3.05) is 0 Å². The van der Waals surface area contributed by atoms with E-state index in [9.17, 15) is 4.79 Å². The van der Waals surface area contributed by atoms with Gasteiger partial charge in [0.2, 0.25) is 0 Å². The van der Waals surface area contributed by atoms with Crippen LogP contribution in [0.25, 0.3) is 6.08 Å². The fourth-order valence-electron chi connectivity index (χ4n) is 1.54. The van der Waals surface area contributed by atoms with Crippen molar-refractivity contribution in [3.8, 4) is 11.5 Å². The van der Waals surface area contributed by atoms with E-state index < -0.39 is 5.97 Å². The lowest BCUT2D eigenvalue weighted by molar-refractivity contribution is -0.131. The zero-order valence-electron chi connectivity index (χ0n) is 10.7. The largest absolute Gasteiger partial charge is 0.478 e. The average molecular weight is 334 g/mol. The fourth-order valence-corrected chi connectivity index (χ4v) is 1.88. The van der Waals surface area contributed by atoms with Gasteiger partial charge < -0.3 is 9.84 Å². The Labute approximate surface area is 124 Å². The molecule has 0 radical (unpaired) electrons. The van der Waals surface area contributed by atoms with E-state index in [2.05, 4.69) is 20.9 Å². The number of rotatable bonds is 4. The Balaban J connectivity index is 2.31. The number of carboxylic acids is 1. The zero-order chi connectivity index (χ0) is 14.5. The van der Waals surface area contributed by atoms with Crippen LogP contribution in [0.3, 0.4) is 0 Å². The SMILES string of the molecule is Cc1ccc(Oc2cc(Br)ccc2C=CC(=O)O)cn1. The van der Waals surface area contributed by atoms with Crippen molar-refractivity contribution >= 4 is 28.0 Å². The number of halogens is 1. The van der Waals surface area contributed by atoms with E-state index in [1.165, 1.54) is 6.08 Å². The summed E-state index contributed by atoms with van der Waals surface area (Å²) in [7, 11) is 0. The molecule has 20 heavy (non-hydrogen) atoms. The molecule has 0 fully saturated rings. The molecule has 1 heterocycles. The summed E-state index contributed by atoms with van der Waals surface area (Å²) < 4.78 is 6.59. The number of aliphatic carboxylic acids is 1. The number of carbonyl (C=O) groups is 1. The van der Waals surface area contributed by atoms with Crippen LogP contribution in [-0.2, 0) is 4.79 Å². The number of aromatic nitrogens is 1. The molecule has 0 aliphatic heterocycles. The molecular formula is C15H12BrNO3. The first-order valence-corrected chi connectivity index (χ1v) is 6.65. The van der Waals surface area contributed by atoms with Crippen LogP contribution in [0.2, 0.25) is 0 Å². The molecule has 0 aliphatic carbocycles. The van der Waals surface area contributed by atoms with Gasteiger partial charge in [0.05, 0.1) is 6.20 Å². The van der Waals surface area contributed by atoms with Crippen LogP contribution < -0.4 is 4.74 Å². The van der Waals surface area contributed by atoms with Gasteiger partial charge in [0.25, 0.3) is 0 Å². The molecule has 0 spiro atoms. The van der Waals surface area contributed by atoms with Crippen LogP contribution in [0.15, 0.2) is 47.1 Å². The molecule has 2 rings (SSSR count). The molecule has 0 saturated carbocycles. The Hall–Kier alpha value is -2.14. The first-order chi connectivity index (χ1) is 9.54. The van der Waals surface area contributed by atoms with Crippen molar-refractivity contribution in [1.29, 1.82) is 0 Å². The summed E-state index contributed by atoms with van der Waals surface area (Å²) in [6, 6.07) is 9.04. The van der Waals surface area contributed by atoms with Crippen molar-refractivity contribution in [2.24, 2.45) is 0 Å². The Morgan fingerprint density at radius 2 is 2.15 bits per heavy atom. The standard InChI is InChI=1S/C15H12BrNO3/c1-10-2-6-13(9-17-10)20-14-8-12(16)5-3-11(14)4-7-15(18)19/h2-9H,1H3,(H,18,19). The third-order valence-electron chi connectivity index (χ3n) is 2.49. The highest BCUT2D eigenvalue weighted by Crippen LogP contribution is 2.29. The summed E-state index contributed by atoms with van der Waals surface area (Å²) in [5, 5.41) is 8.69. The second kappa shape index (κ2) is 6.34. The van der Waals surface area contributed by atoms with E-state index >= 15 is 0 Å². The molecule has 0 aliphatic rings. The third kappa shape index (κ3) is 3.93. The predicted octanol–water partition coefficient (Wildman–Crippen LogP) is 4.04. The molecule has 0 unspecified atom stereocenters. The van der Waals surface area contributed by atoms with Crippen molar-refractivity contribution in [3.05, 3.63) is 58.3 Å². The van der Waals surface area contributed by atoms with Gasteiger partial charge in [-0.15, -0.1) is 0 Å². The number of nitrogens with zero attached hydrogens (tertiary/aromatic N) is 1. The Morgan fingerprint density at radius 3 is 2.80 bits per heavy atom. The highest BCUT2D eigenvalue weighted by molar-refractivity contribution is 9.10. The van der Waals surface area contributed by atoms with Gasteiger partial charge in [-0.05, 0) is 37.3 Å². The van der Waals surface area contributed by atoms with Crippen molar-refractivity contribution < 1.29 is 14.6 Å². The van der Waals surface area contributed by atoms with E-state index in [0.717, 1.165) is 16.2 Å². The maximum absolute atomic E-state index is 10.6. The van der Waals surface area contributed by atoms with E-state index in [1.807, 2.05) is 25.1 Å². The Kier molecular flexibility index (Phi) is 4.53. The number of ether oxygens (including phenoxy) is 1. The summed E-state index contributed by atoms with van der Waals surface area (Å²) in [6.45, 7) is 1.89. The molecule has 2 aromatic rings. The summed E-state index contributed by atoms with van der Waals surface area (Å²) in [5.74, 6) is 0.150. The zero-order valence-corrected chi connectivity index (χ0v) is 12.3. The van der Waals surface area contributed by atoms with E-state index in [1.54, 1.807) is 18.3 Å². The minimum Gasteiger partial charge on any atom is -0.478 e. The van der Waals surface area contributed by atoms with E-state index in [4.69, 9.17) is 9.84 Å². The molecule has 0 atom stereocenters. The monoisotopic (exact) mass is 333 g/mol. The van der Waals surface area contributed by atoms with E-state index in [0.29, 0.717) is 17.1 Å². The first-order valence-electron chi connectivity index (χ1n) is 5.85. The van der Waals surface area contributed by atoms with Gasteiger partial charge in [0.1, 0.15) is 11.5 Å². The quantitative estimate of drug-likeness (QED) is 0.857. The maximum atomic E-state index is 10.6. The van der Waals surface area contributed by atoms with Gasteiger partial charge in [-0.2, -0.15) is 0 Å². The average Bonchev–Trinajstić information content (AvgIpc) is 2.40. The molecule has 0 bridgehead atoms. The summed E-state index contributed by atoms with van der Waals surface area (Å²) >= 11 is 3.37. The minimum absolute atomic E-state index is 0.558. The lowest BCUT2D eigenvalue weighted by Crippen LogP contribution is -1.91. The molecule has 1 aromatic heterocycles. The second-order valence-electron chi connectivity index (χ2n) is 4.09. The van der Waals surface area contributed by atoms with Crippen LogP contribution in [0.4, 0.5) is 0 Å². The number of pyridine rings is 1. The smallest absolute Gasteiger partial charge is 0.328 e. The third-order valence-corrected chi connectivity index (χ3v) is 2.99. The highest BCUT2D eigenvalue weighted by atomic mass is 79.9. The number of hydrogen-bond acceptors (Lipinski definition) is 3. The highest BCUT2D eigenvalue weighted by Gasteiger charge is 2.05. The van der Waals surface area contributed by atoms with Gasteiger partial charge in [-0.25, -0.2) is 4.79 Å². The second-order valence-corrected chi connectivity index (χ2v) is 5.01. The normalized spacial score (nSPS) is 10.7. The van der Waals surface area contributed by atoms with Gasteiger partial charge in [0.15, 0.2) is 0 Å². The number of aryl methyl sites for hydroxylation is 1. The molecular weight excluding hydrogens is 322 g/mol. The summed E-state index contributed by atoms with van der Waals surface area (Å²) in [6.07, 6.45) is 4.19. The van der Waals surface area contributed by atoms with Crippen LogP contribution in [0.1, 0.15) is 11.3 Å². The fraction of sp³-hybridized carbons (Fsp3) is 0.0667.